The fourth-order valence-corrected chi connectivity index (χ4v) is 1.94. The molecule has 0 saturated carbocycles. The van der Waals surface area contributed by atoms with E-state index in [1.807, 2.05) is 0 Å². The maximum Gasteiger partial charge on any atom is 0.469 e. The minimum atomic E-state index is -4.48. The number of hydrogen-bond donors (Lipinski definition) is 3. The zero-order chi connectivity index (χ0) is 10.1. The van der Waals surface area contributed by atoms with E-state index >= 15 is 0 Å². The highest BCUT2D eigenvalue weighted by molar-refractivity contribution is 7.46. The lowest BCUT2D eigenvalue weighted by Crippen LogP contribution is -2.26. The van der Waals surface area contributed by atoms with Crippen molar-refractivity contribution in [3.05, 3.63) is 0 Å². The van der Waals surface area contributed by atoms with Crippen LogP contribution in [0.15, 0.2) is 0 Å². The Labute approximate surface area is 75.7 Å². The molecule has 2 unspecified atom stereocenters. The van der Waals surface area contributed by atoms with Gasteiger partial charge in [0.2, 0.25) is 0 Å². The first-order valence-electron chi connectivity index (χ1n) is 3.92. The van der Waals surface area contributed by atoms with Crippen molar-refractivity contribution in [3.8, 4) is 0 Å². The molecule has 13 heavy (non-hydrogen) atoms. The molecule has 0 radical (unpaired) electrons. The third-order valence-electron chi connectivity index (χ3n) is 1.84. The lowest BCUT2D eigenvalue weighted by molar-refractivity contribution is -0.0168. The Morgan fingerprint density at radius 3 is 2.69 bits per heavy atom. The summed E-state index contributed by atoms with van der Waals surface area (Å²) >= 11 is 0. The molecule has 0 aromatic rings. The van der Waals surface area contributed by atoms with Crippen LogP contribution >= 0.6 is 7.82 Å². The molecular formula is C6H13O6P. The fraction of sp³-hybridized carbons (Fsp3) is 1.00. The molecule has 0 aliphatic carbocycles. The minimum absolute atomic E-state index is 0.145. The number of phosphoric acid groups is 1. The van der Waals surface area contributed by atoms with Gasteiger partial charge in [-0.05, 0) is 6.92 Å². The second-order valence-electron chi connectivity index (χ2n) is 3.04. The van der Waals surface area contributed by atoms with Gasteiger partial charge in [0.15, 0.2) is 0 Å². The monoisotopic (exact) mass is 212 g/mol. The molecule has 78 valence electrons. The fourth-order valence-electron chi connectivity index (χ4n) is 1.37. The SMILES string of the molecule is C[C@H]1CC(OP(=O)(O)O)C(CO)O1. The summed E-state index contributed by atoms with van der Waals surface area (Å²) in [6.45, 7) is 1.46. The highest BCUT2D eigenvalue weighted by atomic mass is 31.2. The van der Waals surface area contributed by atoms with Gasteiger partial charge >= 0.3 is 7.82 Å². The predicted molar refractivity (Wildman–Crippen MR) is 43.0 cm³/mol. The third-order valence-corrected chi connectivity index (χ3v) is 2.38. The van der Waals surface area contributed by atoms with Gasteiger partial charge < -0.3 is 19.6 Å². The lowest BCUT2D eigenvalue weighted by atomic mass is 10.1. The van der Waals surface area contributed by atoms with E-state index in [9.17, 15) is 4.57 Å². The Hall–Kier alpha value is 0.0300. The van der Waals surface area contributed by atoms with Crippen LogP contribution in [-0.2, 0) is 13.8 Å². The van der Waals surface area contributed by atoms with Crippen LogP contribution in [-0.4, -0.2) is 39.8 Å². The highest BCUT2D eigenvalue weighted by Gasteiger charge is 2.37. The lowest BCUT2D eigenvalue weighted by Gasteiger charge is -2.16. The van der Waals surface area contributed by atoms with Crippen molar-refractivity contribution < 1.29 is 28.7 Å². The minimum Gasteiger partial charge on any atom is -0.394 e. The van der Waals surface area contributed by atoms with Crippen LogP contribution in [0.1, 0.15) is 13.3 Å². The first-order chi connectivity index (χ1) is 5.92. The molecule has 0 spiro atoms. The molecule has 0 aromatic heterocycles. The zero-order valence-corrected chi connectivity index (χ0v) is 8.05. The summed E-state index contributed by atoms with van der Waals surface area (Å²) in [6, 6.07) is 0. The molecule has 1 aliphatic heterocycles. The van der Waals surface area contributed by atoms with Crippen LogP contribution in [0.2, 0.25) is 0 Å². The summed E-state index contributed by atoms with van der Waals surface area (Å²) in [5, 5.41) is 8.79. The normalized spacial score (nSPS) is 35.2. The van der Waals surface area contributed by atoms with E-state index < -0.39 is 20.0 Å². The smallest absolute Gasteiger partial charge is 0.394 e. The number of rotatable bonds is 3. The van der Waals surface area contributed by atoms with Crippen LogP contribution in [0.25, 0.3) is 0 Å². The summed E-state index contributed by atoms with van der Waals surface area (Å²) < 4.78 is 20.1. The summed E-state index contributed by atoms with van der Waals surface area (Å²) in [5.41, 5.74) is 0. The van der Waals surface area contributed by atoms with E-state index in [0.717, 1.165) is 0 Å². The van der Waals surface area contributed by atoms with E-state index in [2.05, 4.69) is 4.52 Å². The van der Waals surface area contributed by atoms with Crippen LogP contribution in [0.4, 0.5) is 0 Å². The average Bonchev–Trinajstić information content (AvgIpc) is 2.27. The molecule has 3 atom stereocenters. The van der Waals surface area contributed by atoms with Crippen molar-refractivity contribution >= 4 is 7.82 Å². The molecular weight excluding hydrogens is 199 g/mol. The molecule has 1 fully saturated rings. The molecule has 7 heteroatoms. The number of hydrogen-bond acceptors (Lipinski definition) is 4. The average molecular weight is 212 g/mol. The molecule has 0 amide bonds. The quantitative estimate of drug-likeness (QED) is 0.552. The van der Waals surface area contributed by atoms with Gasteiger partial charge in [-0.2, -0.15) is 0 Å². The molecule has 0 aromatic carbocycles. The molecule has 1 rings (SSSR count). The topological polar surface area (TPSA) is 96.2 Å². The van der Waals surface area contributed by atoms with Crippen molar-refractivity contribution in [3.63, 3.8) is 0 Å². The Kier molecular flexibility index (Phi) is 3.45. The predicted octanol–water partition coefficient (Wildman–Crippen LogP) is -0.366. The van der Waals surface area contributed by atoms with Gasteiger partial charge in [0.25, 0.3) is 0 Å². The van der Waals surface area contributed by atoms with E-state index in [4.69, 9.17) is 19.6 Å². The number of aliphatic hydroxyl groups excluding tert-OH is 1. The van der Waals surface area contributed by atoms with Gasteiger partial charge in [0.05, 0.1) is 12.7 Å². The molecule has 6 nitrogen and oxygen atoms in total. The summed E-state index contributed by atoms with van der Waals surface area (Å²) in [5.74, 6) is 0. The standard InChI is InChI=1S/C6H13O6P/c1-4-2-5(6(3-7)11-4)12-13(8,9)10/h4-7H,2-3H2,1H3,(H2,8,9,10)/t4-,5?,6?/m0/s1. The molecule has 0 bridgehead atoms. The highest BCUT2D eigenvalue weighted by Crippen LogP contribution is 2.41. The van der Waals surface area contributed by atoms with Crippen LogP contribution < -0.4 is 0 Å². The van der Waals surface area contributed by atoms with E-state index in [0.29, 0.717) is 6.42 Å². The zero-order valence-electron chi connectivity index (χ0n) is 7.16. The molecule has 3 N–H and O–H groups in total. The largest absolute Gasteiger partial charge is 0.469 e. The van der Waals surface area contributed by atoms with Crippen LogP contribution in [0.5, 0.6) is 0 Å². The van der Waals surface area contributed by atoms with Crippen molar-refractivity contribution in [2.75, 3.05) is 6.61 Å². The van der Waals surface area contributed by atoms with E-state index in [1.165, 1.54) is 0 Å². The van der Waals surface area contributed by atoms with Gasteiger partial charge in [0, 0.05) is 6.42 Å². The second-order valence-corrected chi connectivity index (χ2v) is 4.23. The van der Waals surface area contributed by atoms with Crippen LogP contribution in [0, 0.1) is 0 Å². The van der Waals surface area contributed by atoms with Gasteiger partial charge in [-0.25, -0.2) is 4.57 Å². The van der Waals surface area contributed by atoms with Crippen molar-refractivity contribution in [1.82, 2.24) is 0 Å². The molecule has 1 heterocycles. The van der Waals surface area contributed by atoms with Gasteiger partial charge in [-0.1, -0.05) is 0 Å². The van der Waals surface area contributed by atoms with Gasteiger partial charge in [0.1, 0.15) is 12.2 Å². The first-order valence-corrected chi connectivity index (χ1v) is 5.45. The number of phosphoric ester groups is 1. The maximum absolute atomic E-state index is 10.5. The van der Waals surface area contributed by atoms with E-state index in [1.54, 1.807) is 6.92 Å². The second kappa shape index (κ2) is 4.04. The number of aliphatic hydroxyl groups is 1. The Morgan fingerprint density at radius 1 is 1.62 bits per heavy atom. The van der Waals surface area contributed by atoms with E-state index in [-0.39, 0.29) is 12.7 Å². The van der Waals surface area contributed by atoms with Crippen molar-refractivity contribution in [2.45, 2.75) is 31.7 Å². The third kappa shape index (κ3) is 3.34. The Balaban J connectivity index is 2.54. The first kappa shape index (κ1) is 11.1. The number of ether oxygens (including phenoxy) is 1. The van der Waals surface area contributed by atoms with Crippen molar-refractivity contribution in [2.24, 2.45) is 0 Å². The van der Waals surface area contributed by atoms with Crippen molar-refractivity contribution in [1.29, 1.82) is 0 Å². The Bertz CT molecular complexity index is 213. The maximum atomic E-state index is 10.5. The molecule has 1 saturated heterocycles. The summed E-state index contributed by atoms with van der Waals surface area (Å²) in [6.07, 6.45) is -1.12. The Morgan fingerprint density at radius 2 is 2.23 bits per heavy atom. The summed E-state index contributed by atoms with van der Waals surface area (Å²) in [4.78, 5) is 17.1. The molecule has 1 aliphatic rings. The van der Waals surface area contributed by atoms with Crippen LogP contribution in [0.3, 0.4) is 0 Å². The van der Waals surface area contributed by atoms with Gasteiger partial charge in [-0.15, -0.1) is 0 Å². The summed E-state index contributed by atoms with van der Waals surface area (Å²) in [7, 11) is -4.48. The van der Waals surface area contributed by atoms with Gasteiger partial charge in [-0.3, -0.25) is 4.52 Å².